The zero-order valence-electron chi connectivity index (χ0n) is 10.3. The van der Waals surface area contributed by atoms with Gasteiger partial charge in [0, 0.05) is 0 Å². The van der Waals surface area contributed by atoms with Crippen molar-refractivity contribution < 1.29 is 14.3 Å². The summed E-state index contributed by atoms with van der Waals surface area (Å²) in [6.45, 7) is 1.61. The third-order valence-corrected chi connectivity index (χ3v) is 3.93. The minimum Gasteiger partial charge on any atom is -0.467 e. The molecule has 7 heteroatoms. The minimum atomic E-state index is -2.09. The van der Waals surface area contributed by atoms with E-state index in [9.17, 15) is 9.59 Å². The topological polar surface area (TPSA) is 55.4 Å². The summed E-state index contributed by atoms with van der Waals surface area (Å²) < 4.78 is 2.67. The van der Waals surface area contributed by atoms with Crippen LogP contribution in [-0.2, 0) is 14.3 Å². The van der Waals surface area contributed by atoms with Gasteiger partial charge in [-0.2, -0.15) is 0 Å². The Morgan fingerprint density at radius 3 is 2.11 bits per heavy atom. The summed E-state index contributed by atoms with van der Waals surface area (Å²) in [6, 6.07) is 0. The van der Waals surface area contributed by atoms with E-state index in [0.717, 1.165) is 25.7 Å². The molecule has 0 bridgehead atoms. The summed E-state index contributed by atoms with van der Waals surface area (Å²) in [5, 5.41) is 2.52. The molecule has 4 nitrogen and oxygen atoms in total. The highest BCUT2D eigenvalue weighted by atomic mass is 35.6. The van der Waals surface area contributed by atoms with Crippen LogP contribution in [0.25, 0.3) is 0 Å². The Bertz CT molecular complexity index is 335. The number of alkyl halides is 3. The largest absolute Gasteiger partial charge is 0.467 e. The molecule has 1 saturated carbocycles. The second kappa shape index (κ2) is 5.85. The van der Waals surface area contributed by atoms with E-state index in [0.29, 0.717) is 0 Å². The second-order valence-electron chi connectivity index (χ2n) is 4.63. The Balaban J connectivity index is 2.91. The van der Waals surface area contributed by atoms with Gasteiger partial charge in [-0.15, -0.1) is 0 Å². The number of methoxy groups -OCH3 is 1. The number of carbonyl (C=O) groups excluding carboxylic acids is 2. The summed E-state index contributed by atoms with van der Waals surface area (Å²) in [4.78, 5) is 23.7. The molecule has 0 spiro atoms. The van der Waals surface area contributed by atoms with Crippen molar-refractivity contribution in [3.63, 3.8) is 0 Å². The van der Waals surface area contributed by atoms with Crippen molar-refractivity contribution in [1.29, 1.82) is 0 Å². The van der Waals surface area contributed by atoms with Crippen LogP contribution in [0.1, 0.15) is 32.6 Å². The molecule has 1 atom stereocenters. The van der Waals surface area contributed by atoms with Crippen LogP contribution in [0.2, 0.25) is 0 Å². The Kier molecular flexibility index (Phi) is 5.15. The van der Waals surface area contributed by atoms with Crippen molar-refractivity contribution in [2.75, 3.05) is 7.11 Å². The first kappa shape index (κ1) is 15.9. The maximum absolute atomic E-state index is 11.9. The molecule has 0 saturated heterocycles. The summed E-state index contributed by atoms with van der Waals surface area (Å²) in [5.74, 6) is -1.33. The van der Waals surface area contributed by atoms with Gasteiger partial charge in [-0.3, -0.25) is 4.79 Å². The van der Waals surface area contributed by atoms with E-state index in [1.54, 1.807) is 6.92 Å². The fourth-order valence-electron chi connectivity index (χ4n) is 2.34. The minimum absolute atomic E-state index is 0.00116. The molecule has 0 unspecified atom stereocenters. The molecule has 1 N–H and O–H groups in total. The number of halogens is 3. The van der Waals surface area contributed by atoms with E-state index in [-0.39, 0.29) is 5.92 Å². The van der Waals surface area contributed by atoms with Crippen LogP contribution in [-0.4, -0.2) is 28.3 Å². The van der Waals surface area contributed by atoms with Gasteiger partial charge in [-0.05, 0) is 25.7 Å². The highest BCUT2D eigenvalue weighted by Crippen LogP contribution is 2.36. The van der Waals surface area contributed by atoms with Gasteiger partial charge >= 0.3 is 5.97 Å². The number of nitrogens with one attached hydrogen (secondary N) is 1. The van der Waals surface area contributed by atoms with Crippen LogP contribution in [0, 0.1) is 5.92 Å². The third kappa shape index (κ3) is 3.43. The molecule has 18 heavy (non-hydrogen) atoms. The highest BCUT2D eigenvalue weighted by molar-refractivity contribution is 6.76. The smallest absolute Gasteiger partial charge is 0.331 e. The van der Waals surface area contributed by atoms with Crippen molar-refractivity contribution in [2.45, 2.75) is 41.9 Å². The molecule has 0 radical (unpaired) electrons. The molecule has 0 aromatic rings. The third-order valence-electron chi connectivity index (χ3n) is 3.41. The van der Waals surface area contributed by atoms with Gasteiger partial charge in [0.05, 0.1) is 7.11 Å². The number of hydrogen-bond acceptors (Lipinski definition) is 3. The Morgan fingerprint density at radius 2 is 1.72 bits per heavy atom. The fraction of sp³-hybridized carbons (Fsp3) is 0.818. The molecule has 1 aliphatic carbocycles. The van der Waals surface area contributed by atoms with E-state index < -0.39 is 21.2 Å². The van der Waals surface area contributed by atoms with Crippen LogP contribution in [0.4, 0.5) is 0 Å². The molecule has 0 aromatic heterocycles. The summed E-state index contributed by atoms with van der Waals surface area (Å²) in [5.41, 5.74) is -1.15. The van der Waals surface area contributed by atoms with Gasteiger partial charge in [0.15, 0.2) is 0 Å². The van der Waals surface area contributed by atoms with Gasteiger partial charge in [-0.25, -0.2) is 4.79 Å². The van der Waals surface area contributed by atoms with E-state index in [1.807, 2.05) is 0 Å². The summed E-state index contributed by atoms with van der Waals surface area (Å²) in [7, 11) is 1.27. The van der Waals surface area contributed by atoms with Crippen molar-refractivity contribution in [3.8, 4) is 0 Å². The lowest BCUT2D eigenvalue weighted by Gasteiger charge is -2.34. The SMILES string of the molecule is COC(=O)[C@](C)(NC(=O)C(Cl)(Cl)Cl)C1CCCC1. The van der Waals surface area contributed by atoms with Crippen LogP contribution in [0.3, 0.4) is 0 Å². The molecule has 0 aliphatic heterocycles. The lowest BCUT2D eigenvalue weighted by molar-refractivity contribution is -0.152. The van der Waals surface area contributed by atoms with Crippen LogP contribution < -0.4 is 5.32 Å². The predicted molar refractivity (Wildman–Crippen MR) is 70.8 cm³/mol. The molecule has 0 aromatic carbocycles. The Labute approximate surface area is 121 Å². The van der Waals surface area contributed by atoms with Crippen LogP contribution in [0.5, 0.6) is 0 Å². The molecule has 0 heterocycles. The van der Waals surface area contributed by atoms with Gasteiger partial charge in [0.1, 0.15) is 5.54 Å². The number of hydrogen-bond donors (Lipinski definition) is 1. The number of esters is 1. The first-order valence-corrected chi connectivity index (χ1v) is 6.83. The normalized spacial score (nSPS) is 20.3. The maximum Gasteiger partial charge on any atom is 0.331 e. The quantitative estimate of drug-likeness (QED) is 0.643. The average molecular weight is 317 g/mol. The van der Waals surface area contributed by atoms with Crippen molar-refractivity contribution >= 4 is 46.7 Å². The number of amides is 1. The molecular weight excluding hydrogens is 300 g/mol. The molecular formula is C11H16Cl3NO3. The Morgan fingerprint density at radius 1 is 1.22 bits per heavy atom. The highest BCUT2D eigenvalue weighted by Gasteiger charge is 2.47. The zero-order chi connectivity index (χ0) is 14.0. The maximum atomic E-state index is 11.9. The van der Waals surface area contributed by atoms with E-state index in [1.165, 1.54) is 7.11 Å². The predicted octanol–water partition coefficient (Wildman–Crippen LogP) is 2.59. The average Bonchev–Trinajstić information content (AvgIpc) is 2.80. The number of ether oxygens (including phenoxy) is 1. The molecule has 1 fully saturated rings. The van der Waals surface area contributed by atoms with Crippen molar-refractivity contribution in [1.82, 2.24) is 5.32 Å². The molecule has 1 amide bonds. The molecule has 1 rings (SSSR count). The standard InChI is InChI=1S/C11H16Cl3NO3/c1-10(9(17)18-2,7-5-3-4-6-7)15-8(16)11(12,13)14/h7H,3-6H2,1-2H3,(H,15,16)/t10-/m1/s1. The monoisotopic (exact) mass is 315 g/mol. The van der Waals surface area contributed by atoms with E-state index in [2.05, 4.69) is 5.32 Å². The van der Waals surface area contributed by atoms with Crippen molar-refractivity contribution in [3.05, 3.63) is 0 Å². The van der Waals surface area contributed by atoms with Crippen LogP contribution >= 0.6 is 34.8 Å². The van der Waals surface area contributed by atoms with Crippen LogP contribution in [0.15, 0.2) is 0 Å². The second-order valence-corrected chi connectivity index (χ2v) is 6.91. The lowest BCUT2D eigenvalue weighted by Crippen LogP contribution is -2.59. The van der Waals surface area contributed by atoms with Gasteiger partial charge in [0.2, 0.25) is 0 Å². The fourth-order valence-corrected chi connectivity index (χ4v) is 2.48. The summed E-state index contributed by atoms with van der Waals surface area (Å²) >= 11 is 16.5. The Hall–Kier alpha value is -0.190. The number of rotatable bonds is 3. The van der Waals surface area contributed by atoms with E-state index in [4.69, 9.17) is 39.5 Å². The lowest BCUT2D eigenvalue weighted by atomic mass is 9.84. The first-order valence-electron chi connectivity index (χ1n) is 5.69. The van der Waals surface area contributed by atoms with Gasteiger partial charge in [0.25, 0.3) is 9.70 Å². The summed E-state index contributed by atoms with van der Waals surface area (Å²) in [6.07, 6.45) is 3.71. The van der Waals surface area contributed by atoms with Gasteiger partial charge < -0.3 is 10.1 Å². The number of carbonyl (C=O) groups is 2. The molecule has 104 valence electrons. The van der Waals surface area contributed by atoms with Gasteiger partial charge in [-0.1, -0.05) is 47.6 Å². The zero-order valence-corrected chi connectivity index (χ0v) is 12.5. The molecule has 1 aliphatic rings. The first-order chi connectivity index (χ1) is 8.21. The van der Waals surface area contributed by atoms with Crippen molar-refractivity contribution in [2.24, 2.45) is 5.92 Å². The van der Waals surface area contributed by atoms with E-state index >= 15 is 0 Å².